The number of alkyl halides is 2. The van der Waals surface area contributed by atoms with Gasteiger partial charge in [-0.3, -0.25) is 0 Å². The lowest BCUT2D eigenvalue weighted by Gasteiger charge is -2.60. The molecule has 52 heavy (non-hydrogen) atoms. The molecule has 1 aromatic heterocycles. The number of hydrogen-bond donors (Lipinski definition) is 1. The second-order valence-corrected chi connectivity index (χ2v) is 18.1. The molecule has 1 aromatic rings. The van der Waals surface area contributed by atoms with E-state index < -0.39 is 12.3 Å². The van der Waals surface area contributed by atoms with Gasteiger partial charge in [0.05, 0.1) is 0 Å². The van der Waals surface area contributed by atoms with E-state index in [1.165, 1.54) is 23.6 Å². The fourth-order valence-corrected chi connectivity index (χ4v) is 11.8. The molecule has 0 amide bonds. The van der Waals surface area contributed by atoms with Gasteiger partial charge in [0.1, 0.15) is 24.0 Å². The van der Waals surface area contributed by atoms with Crippen molar-refractivity contribution in [2.24, 2.45) is 46.8 Å². The highest BCUT2D eigenvalue weighted by atomic mass is 19.1. The van der Waals surface area contributed by atoms with E-state index in [-0.39, 0.29) is 17.4 Å². The molecular formula is C46H58F2N4. The van der Waals surface area contributed by atoms with Gasteiger partial charge in [0.15, 0.2) is 0 Å². The topological polar surface area (TPSA) is 31.4 Å². The maximum atomic E-state index is 14.6. The van der Waals surface area contributed by atoms with E-state index in [1.807, 2.05) is 18.3 Å². The molecule has 0 spiro atoms. The summed E-state index contributed by atoms with van der Waals surface area (Å²) >= 11 is 0. The maximum absolute atomic E-state index is 14.6. The van der Waals surface area contributed by atoms with Crippen LogP contribution in [0.15, 0.2) is 107 Å². The summed E-state index contributed by atoms with van der Waals surface area (Å²) in [4.78, 5) is 10.1. The highest BCUT2D eigenvalue weighted by Gasteiger charge is 2.58. The molecule has 0 bridgehead atoms. The molecule has 2 heterocycles. The first-order chi connectivity index (χ1) is 25.2. The van der Waals surface area contributed by atoms with Crippen LogP contribution in [0.5, 0.6) is 0 Å². The Morgan fingerprint density at radius 1 is 0.981 bits per heavy atom. The zero-order chi connectivity index (χ0) is 35.7. The highest BCUT2D eigenvalue weighted by Crippen LogP contribution is 2.66. The number of anilines is 1. The minimum atomic E-state index is -0.918. The monoisotopic (exact) mass is 704 g/mol. The Morgan fingerprint density at radius 2 is 1.83 bits per heavy atom. The van der Waals surface area contributed by atoms with Gasteiger partial charge in [0, 0.05) is 48.2 Å². The van der Waals surface area contributed by atoms with Crippen LogP contribution in [0.4, 0.5) is 14.6 Å². The molecule has 0 radical (unpaired) electrons. The summed E-state index contributed by atoms with van der Waals surface area (Å²) in [6.07, 6.45) is 26.5. The average Bonchev–Trinajstić information content (AvgIpc) is 3.15. The molecule has 6 heteroatoms. The Balaban J connectivity index is 1.24. The molecule has 1 aliphatic heterocycles. The smallest absolute Gasteiger partial charge is 0.132 e. The van der Waals surface area contributed by atoms with E-state index >= 15 is 0 Å². The van der Waals surface area contributed by atoms with Crippen molar-refractivity contribution in [3.05, 3.63) is 107 Å². The van der Waals surface area contributed by atoms with Gasteiger partial charge in [0.25, 0.3) is 0 Å². The first-order valence-electron chi connectivity index (χ1n) is 20.6. The number of rotatable bonds is 7. The molecule has 4 nitrogen and oxygen atoms in total. The molecule has 7 unspecified atom stereocenters. The van der Waals surface area contributed by atoms with Crippen molar-refractivity contribution in [2.75, 3.05) is 11.4 Å². The van der Waals surface area contributed by atoms with Crippen molar-refractivity contribution in [1.29, 1.82) is 0 Å². The van der Waals surface area contributed by atoms with Crippen molar-refractivity contribution in [1.82, 2.24) is 15.2 Å². The van der Waals surface area contributed by atoms with E-state index in [0.717, 1.165) is 63.0 Å². The molecule has 0 saturated heterocycles. The van der Waals surface area contributed by atoms with E-state index in [2.05, 4.69) is 85.3 Å². The summed E-state index contributed by atoms with van der Waals surface area (Å²) in [5.41, 5.74) is 9.14. The molecule has 0 aromatic carbocycles. The van der Waals surface area contributed by atoms with E-state index in [0.29, 0.717) is 54.8 Å². The molecule has 2 saturated carbocycles. The third kappa shape index (κ3) is 5.77. The Labute approximate surface area is 310 Å². The molecule has 1 N–H and O–H groups in total. The SMILES string of the molecule is CC(C)C1CC(N(C2=CCC(F)C=C2)C2=CCCCN2)=C2CC3C4=C(C=C(N(c5ccccn5)C5CCC(F)CC5)C5C=CC1C2C45)CCC3(C)C. The highest BCUT2D eigenvalue weighted by molar-refractivity contribution is 5.57. The van der Waals surface area contributed by atoms with E-state index in [1.54, 1.807) is 22.8 Å². The van der Waals surface area contributed by atoms with Crippen LogP contribution in [-0.4, -0.2) is 34.8 Å². The van der Waals surface area contributed by atoms with Crippen LogP contribution in [-0.2, 0) is 0 Å². The molecule has 7 aliphatic carbocycles. The third-order valence-electron chi connectivity index (χ3n) is 14.4. The van der Waals surface area contributed by atoms with Crippen LogP contribution in [0.25, 0.3) is 0 Å². The Morgan fingerprint density at radius 3 is 2.54 bits per heavy atom. The van der Waals surface area contributed by atoms with Crippen LogP contribution in [0.2, 0.25) is 0 Å². The molecule has 276 valence electrons. The van der Waals surface area contributed by atoms with Gasteiger partial charge in [-0.2, -0.15) is 0 Å². The Kier molecular flexibility index (Phi) is 8.90. The van der Waals surface area contributed by atoms with Crippen LogP contribution in [0, 0.1) is 46.8 Å². The zero-order valence-electron chi connectivity index (χ0n) is 31.7. The number of hydrogen-bond acceptors (Lipinski definition) is 4. The van der Waals surface area contributed by atoms with Crippen molar-refractivity contribution >= 4 is 5.82 Å². The molecule has 8 aliphatic rings. The number of nitrogens with zero attached hydrogens (tertiary/aromatic N) is 3. The third-order valence-corrected chi connectivity index (χ3v) is 14.4. The summed E-state index contributed by atoms with van der Waals surface area (Å²) < 4.78 is 29.2. The van der Waals surface area contributed by atoms with E-state index in [4.69, 9.17) is 4.98 Å². The predicted molar refractivity (Wildman–Crippen MR) is 207 cm³/mol. The predicted octanol–water partition coefficient (Wildman–Crippen LogP) is 10.9. The largest absolute Gasteiger partial charge is 0.371 e. The summed E-state index contributed by atoms with van der Waals surface area (Å²) in [5, 5.41) is 3.81. The first-order valence-corrected chi connectivity index (χ1v) is 20.6. The van der Waals surface area contributed by atoms with Gasteiger partial charge in [-0.15, -0.1) is 0 Å². The molecular weight excluding hydrogens is 647 g/mol. The number of halogens is 2. The normalized spacial score (nSPS) is 36.1. The summed E-state index contributed by atoms with van der Waals surface area (Å²) in [5.74, 6) is 5.22. The van der Waals surface area contributed by atoms with Gasteiger partial charge < -0.3 is 15.1 Å². The molecule has 2 fully saturated rings. The summed E-state index contributed by atoms with van der Waals surface area (Å²) in [6.45, 7) is 10.9. The maximum Gasteiger partial charge on any atom is 0.132 e. The van der Waals surface area contributed by atoms with Crippen LogP contribution < -0.4 is 10.2 Å². The van der Waals surface area contributed by atoms with Gasteiger partial charge >= 0.3 is 0 Å². The number of allylic oxidation sites excluding steroid dienone is 11. The summed E-state index contributed by atoms with van der Waals surface area (Å²) in [7, 11) is 0. The first kappa shape index (κ1) is 34.4. The summed E-state index contributed by atoms with van der Waals surface area (Å²) in [6, 6.07) is 6.53. The minimum Gasteiger partial charge on any atom is -0.371 e. The lowest BCUT2D eigenvalue weighted by atomic mass is 9.46. The Bertz CT molecular complexity index is 1770. The van der Waals surface area contributed by atoms with Crippen LogP contribution in [0.3, 0.4) is 0 Å². The molecule has 7 atom stereocenters. The van der Waals surface area contributed by atoms with Crippen molar-refractivity contribution < 1.29 is 8.78 Å². The van der Waals surface area contributed by atoms with Crippen LogP contribution in [0.1, 0.15) is 98.3 Å². The fraction of sp³-hybridized carbons (Fsp3) is 0.587. The second-order valence-electron chi connectivity index (χ2n) is 18.1. The fourth-order valence-electron chi connectivity index (χ4n) is 11.8. The quantitative estimate of drug-likeness (QED) is 0.286. The van der Waals surface area contributed by atoms with Crippen molar-refractivity contribution in [2.45, 2.75) is 117 Å². The van der Waals surface area contributed by atoms with Crippen molar-refractivity contribution in [3.8, 4) is 0 Å². The van der Waals surface area contributed by atoms with Gasteiger partial charge in [0.2, 0.25) is 0 Å². The van der Waals surface area contributed by atoms with Gasteiger partial charge in [-0.25, -0.2) is 13.8 Å². The minimum absolute atomic E-state index is 0.197. The van der Waals surface area contributed by atoms with Crippen molar-refractivity contribution in [3.63, 3.8) is 0 Å². The Hall–Kier alpha value is -3.41. The second kappa shape index (κ2) is 13.5. The van der Waals surface area contributed by atoms with E-state index in [9.17, 15) is 8.78 Å². The number of pyridine rings is 1. The van der Waals surface area contributed by atoms with Gasteiger partial charge in [-0.1, -0.05) is 57.6 Å². The number of nitrogens with one attached hydrogen (secondary N) is 1. The molecule has 9 rings (SSSR count). The zero-order valence-corrected chi connectivity index (χ0v) is 31.7. The number of aromatic nitrogens is 1. The van der Waals surface area contributed by atoms with Crippen LogP contribution >= 0.6 is 0 Å². The van der Waals surface area contributed by atoms with Gasteiger partial charge in [-0.05, 0) is 153 Å². The standard InChI is InChI=1S/C46H58F2N4/c1-28(2)36-27-40(52(42-10-6-8-24-50-42)33-17-13-31(48)14-18-33)37-26-38-43-29(21-22-46(38,3)4)25-39(35-20-19-34(36)44(37)45(35)43)51(41-9-5-7-23-49-41)32-15-11-30(47)12-16-32/h5,7,9-10,13,17-20,23,25,28,30-32,34-36,38,44-45,50H,6,8,11-12,14-16,21-22,24,26-27H2,1-4H3. The average molecular weight is 705 g/mol. The lowest BCUT2D eigenvalue weighted by molar-refractivity contribution is 0.0822. The lowest BCUT2D eigenvalue weighted by Crippen LogP contribution is -2.54.